The van der Waals surface area contributed by atoms with E-state index in [0.717, 1.165) is 0 Å². The number of carboxylic acids is 1. The van der Waals surface area contributed by atoms with Gasteiger partial charge in [-0.25, -0.2) is 0 Å². The Balaban J connectivity index is 3.67. The smallest absolute Gasteiger partial charge is 0.303 e. The third-order valence-electron chi connectivity index (χ3n) is 2.25. The molecular weight excluding hydrogens is 212 g/mol. The summed E-state index contributed by atoms with van der Waals surface area (Å²) >= 11 is 0. The van der Waals surface area contributed by atoms with Gasteiger partial charge >= 0.3 is 5.97 Å². The van der Waals surface area contributed by atoms with Crippen molar-refractivity contribution in [2.24, 2.45) is 5.73 Å². The molecule has 16 heavy (non-hydrogen) atoms. The molecule has 0 heterocycles. The van der Waals surface area contributed by atoms with Crippen molar-refractivity contribution < 1.29 is 19.8 Å². The first-order valence-corrected chi connectivity index (χ1v) is 5.40. The number of rotatable bonds is 8. The number of carboxylic acid groups (broad SMARTS) is 1. The Hall–Kier alpha value is -1.14. The predicted molar refractivity (Wildman–Crippen MR) is 58.8 cm³/mol. The third-order valence-corrected chi connectivity index (χ3v) is 2.25. The summed E-state index contributed by atoms with van der Waals surface area (Å²) in [4.78, 5) is 21.6. The van der Waals surface area contributed by atoms with Crippen molar-refractivity contribution in [1.29, 1.82) is 0 Å². The molecule has 94 valence electrons. The number of nitrogens with one attached hydrogen (secondary N) is 1. The molecule has 0 aromatic carbocycles. The quantitative estimate of drug-likeness (QED) is 0.449. The zero-order valence-electron chi connectivity index (χ0n) is 9.48. The SMILES string of the molecule is CCC(O)CCNC(=O)C(N)CCC(=O)O. The van der Waals surface area contributed by atoms with E-state index < -0.39 is 18.1 Å². The van der Waals surface area contributed by atoms with E-state index in [4.69, 9.17) is 10.8 Å². The van der Waals surface area contributed by atoms with Crippen LogP contribution in [-0.2, 0) is 9.59 Å². The second kappa shape index (κ2) is 8.06. The largest absolute Gasteiger partial charge is 0.481 e. The first-order chi connectivity index (χ1) is 7.47. The Morgan fingerprint density at radius 2 is 2.00 bits per heavy atom. The molecule has 0 radical (unpaired) electrons. The van der Waals surface area contributed by atoms with Crippen molar-refractivity contribution >= 4 is 11.9 Å². The molecule has 0 aliphatic carbocycles. The molecule has 0 rings (SSSR count). The van der Waals surface area contributed by atoms with E-state index in [1.807, 2.05) is 6.92 Å². The van der Waals surface area contributed by atoms with Gasteiger partial charge in [-0.1, -0.05) is 6.92 Å². The summed E-state index contributed by atoms with van der Waals surface area (Å²) < 4.78 is 0. The van der Waals surface area contributed by atoms with Crippen LogP contribution in [0.15, 0.2) is 0 Å². The van der Waals surface area contributed by atoms with Crippen LogP contribution in [0, 0.1) is 0 Å². The summed E-state index contributed by atoms with van der Waals surface area (Å²) in [7, 11) is 0. The van der Waals surface area contributed by atoms with Gasteiger partial charge in [0.1, 0.15) is 0 Å². The molecule has 0 aliphatic heterocycles. The van der Waals surface area contributed by atoms with Gasteiger partial charge in [0.15, 0.2) is 0 Å². The van der Waals surface area contributed by atoms with Crippen LogP contribution >= 0.6 is 0 Å². The molecule has 0 spiro atoms. The van der Waals surface area contributed by atoms with Crippen molar-refractivity contribution in [3.8, 4) is 0 Å². The number of aliphatic hydroxyl groups excluding tert-OH is 1. The summed E-state index contributed by atoms with van der Waals surface area (Å²) in [6.45, 7) is 2.21. The minimum atomic E-state index is -0.968. The highest BCUT2D eigenvalue weighted by molar-refractivity contribution is 5.82. The molecule has 6 nitrogen and oxygen atoms in total. The summed E-state index contributed by atoms with van der Waals surface area (Å²) in [6, 6.07) is -0.796. The van der Waals surface area contributed by atoms with Crippen LogP contribution in [0.25, 0.3) is 0 Å². The summed E-state index contributed by atoms with van der Waals surface area (Å²) in [5.41, 5.74) is 5.48. The van der Waals surface area contributed by atoms with E-state index in [9.17, 15) is 14.7 Å². The minimum Gasteiger partial charge on any atom is -0.481 e. The number of carbonyl (C=O) groups excluding carboxylic acids is 1. The molecule has 1 amide bonds. The summed E-state index contributed by atoms with van der Waals surface area (Å²) in [6.07, 6.45) is 0.703. The molecule has 0 aliphatic rings. The minimum absolute atomic E-state index is 0.119. The summed E-state index contributed by atoms with van der Waals surface area (Å²) in [5.74, 6) is -1.34. The molecule has 6 heteroatoms. The summed E-state index contributed by atoms with van der Waals surface area (Å²) in [5, 5.41) is 20.2. The lowest BCUT2D eigenvalue weighted by atomic mass is 10.1. The fourth-order valence-electron chi connectivity index (χ4n) is 1.11. The first-order valence-electron chi connectivity index (χ1n) is 5.40. The maximum absolute atomic E-state index is 11.3. The van der Waals surface area contributed by atoms with Crippen LogP contribution in [-0.4, -0.2) is 40.8 Å². The molecular formula is C10H20N2O4. The van der Waals surface area contributed by atoms with Gasteiger partial charge in [0.05, 0.1) is 12.1 Å². The monoisotopic (exact) mass is 232 g/mol. The van der Waals surface area contributed by atoms with Crippen LogP contribution in [0.1, 0.15) is 32.6 Å². The fourth-order valence-corrected chi connectivity index (χ4v) is 1.11. The second-order valence-corrected chi connectivity index (χ2v) is 3.68. The number of nitrogens with two attached hydrogens (primary N) is 1. The number of amides is 1. The fraction of sp³-hybridized carbons (Fsp3) is 0.800. The van der Waals surface area contributed by atoms with Gasteiger partial charge in [0.2, 0.25) is 5.91 Å². The number of carbonyl (C=O) groups is 2. The molecule has 5 N–H and O–H groups in total. The number of aliphatic hydroxyl groups is 1. The standard InChI is InChI=1S/C10H20N2O4/c1-2-7(13)5-6-12-10(16)8(11)3-4-9(14)15/h7-8,13H,2-6,11H2,1H3,(H,12,16)(H,14,15). The number of hydrogen-bond donors (Lipinski definition) is 4. The Labute approximate surface area is 94.8 Å². The van der Waals surface area contributed by atoms with Crippen LogP contribution in [0.2, 0.25) is 0 Å². The normalized spacial score (nSPS) is 14.2. The van der Waals surface area contributed by atoms with Crippen molar-refractivity contribution in [3.05, 3.63) is 0 Å². The van der Waals surface area contributed by atoms with Gasteiger partial charge in [0.25, 0.3) is 0 Å². The average Bonchev–Trinajstić information content (AvgIpc) is 2.25. The molecule has 0 bridgehead atoms. The maximum atomic E-state index is 11.3. The Morgan fingerprint density at radius 1 is 1.38 bits per heavy atom. The molecule has 2 unspecified atom stereocenters. The number of hydrogen-bond acceptors (Lipinski definition) is 4. The van der Waals surface area contributed by atoms with Crippen LogP contribution in [0.5, 0.6) is 0 Å². The van der Waals surface area contributed by atoms with Gasteiger partial charge in [0, 0.05) is 13.0 Å². The second-order valence-electron chi connectivity index (χ2n) is 3.68. The van der Waals surface area contributed by atoms with Crippen LogP contribution < -0.4 is 11.1 Å². The van der Waals surface area contributed by atoms with E-state index in [-0.39, 0.29) is 18.7 Å². The van der Waals surface area contributed by atoms with E-state index in [0.29, 0.717) is 19.4 Å². The van der Waals surface area contributed by atoms with Gasteiger partial charge < -0.3 is 21.3 Å². The molecule has 0 aromatic rings. The maximum Gasteiger partial charge on any atom is 0.303 e. The topological polar surface area (TPSA) is 113 Å². The third kappa shape index (κ3) is 7.19. The Morgan fingerprint density at radius 3 is 2.50 bits per heavy atom. The van der Waals surface area contributed by atoms with E-state index in [2.05, 4.69) is 5.32 Å². The first kappa shape index (κ1) is 14.9. The van der Waals surface area contributed by atoms with Gasteiger partial charge in [-0.15, -0.1) is 0 Å². The van der Waals surface area contributed by atoms with Crippen molar-refractivity contribution in [1.82, 2.24) is 5.32 Å². The highest BCUT2D eigenvalue weighted by Gasteiger charge is 2.14. The van der Waals surface area contributed by atoms with Gasteiger partial charge in [-0.3, -0.25) is 9.59 Å². The number of aliphatic carboxylic acids is 1. The van der Waals surface area contributed by atoms with Crippen molar-refractivity contribution in [2.75, 3.05) is 6.54 Å². The van der Waals surface area contributed by atoms with E-state index in [1.165, 1.54) is 0 Å². The molecule has 0 saturated heterocycles. The molecule has 0 fully saturated rings. The molecule has 0 saturated carbocycles. The lowest BCUT2D eigenvalue weighted by Crippen LogP contribution is -2.41. The van der Waals surface area contributed by atoms with Gasteiger partial charge in [-0.05, 0) is 19.3 Å². The lowest BCUT2D eigenvalue weighted by Gasteiger charge is -2.12. The lowest BCUT2D eigenvalue weighted by molar-refractivity contribution is -0.137. The average molecular weight is 232 g/mol. The zero-order chi connectivity index (χ0) is 12.6. The van der Waals surface area contributed by atoms with Crippen molar-refractivity contribution in [2.45, 2.75) is 44.8 Å². The Bertz CT molecular complexity index is 233. The van der Waals surface area contributed by atoms with Crippen molar-refractivity contribution in [3.63, 3.8) is 0 Å². The van der Waals surface area contributed by atoms with Crippen LogP contribution in [0.3, 0.4) is 0 Å². The van der Waals surface area contributed by atoms with E-state index >= 15 is 0 Å². The molecule has 0 aromatic heterocycles. The van der Waals surface area contributed by atoms with E-state index in [1.54, 1.807) is 0 Å². The Kier molecular flexibility index (Phi) is 7.49. The highest BCUT2D eigenvalue weighted by atomic mass is 16.4. The highest BCUT2D eigenvalue weighted by Crippen LogP contribution is 1.97. The predicted octanol–water partition coefficient (Wildman–Crippen LogP) is -0.544. The zero-order valence-corrected chi connectivity index (χ0v) is 9.48. The van der Waals surface area contributed by atoms with Crippen LogP contribution in [0.4, 0.5) is 0 Å². The molecule has 2 atom stereocenters. The van der Waals surface area contributed by atoms with Gasteiger partial charge in [-0.2, -0.15) is 0 Å².